The number of ether oxygens (including phenoxy) is 2. The molecule has 0 amide bonds. The van der Waals surface area contributed by atoms with Gasteiger partial charge in [0.1, 0.15) is 11.8 Å². The summed E-state index contributed by atoms with van der Waals surface area (Å²) in [5, 5.41) is 0. The minimum Gasteiger partial charge on any atom is -0.497 e. The molecule has 1 saturated heterocycles. The van der Waals surface area contributed by atoms with E-state index in [9.17, 15) is 4.79 Å². The Kier molecular flexibility index (Phi) is 4.80. The lowest BCUT2D eigenvalue weighted by molar-refractivity contribution is -0.145. The van der Waals surface area contributed by atoms with Gasteiger partial charge in [-0.3, -0.25) is 9.69 Å². The van der Waals surface area contributed by atoms with Gasteiger partial charge in [0.05, 0.1) is 14.2 Å². The number of esters is 1. The first kappa shape index (κ1) is 13.9. The van der Waals surface area contributed by atoms with Gasteiger partial charge in [-0.2, -0.15) is 0 Å². The Morgan fingerprint density at radius 3 is 2.68 bits per heavy atom. The summed E-state index contributed by atoms with van der Waals surface area (Å²) in [6.07, 6.45) is 2.93. The molecule has 0 bridgehead atoms. The van der Waals surface area contributed by atoms with Gasteiger partial charge in [-0.15, -0.1) is 0 Å². The van der Waals surface area contributed by atoms with Crippen molar-refractivity contribution in [3.63, 3.8) is 0 Å². The Bertz CT molecular complexity index is 416. The van der Waals surface area contributed by atoms with Crippen molar-refractivity contribution in [1.29, 1.82) is 0 Å². The van der Waals surface area contributed by atoms with Crippen molar-refractivity contribution in [3.05, 3.63) is 29.8 Å². The minimum atomic E-state index is -0.104. The van der Waals surface area contributed by atoms with Crippen LogP contribution in [0.2, 0.25) is 0 Å². The van der Waals surface area contributed by atoms with Crippen LogP contribution in [0.1, 0.15) is 18.4 Å². The molecule has 1 aromatic carbocycles. The number of benzene rings is 1. The molecule has 0 aromatic heterocycles. The SMILES string of the molecule is COC(=O)C1CCCN1CCc1ccc(OC)cc1. The quantitative estimate of drug-likeness (QED) is 0.760. The molecule has 1 atom stereocenters. The first-order chi connectivity index (χ1) is 9.24. The molecule has 1 heterocycles. The fraction of sp³-hybridized carbons (Fsp3) is 0.533. The number of hydrogen-bond acceptors (Lipinski definition) is 4. The number of nitrogens with zero attached hydrogens (tertiary/aromatic N) is 1. The van der Waals surface area contributed by atoms with E-state index in [0.29, 0.717) is 0 Å². The summed E-state index contributed by atoms with van der Waals surface area (Å²) in [5.74, 6) is 0.768. The van der Waals surface area contributed by atoms with Gasteiger partial charge in [0.2, 0.25) is 0 Å². The van der Waals surface area contributed by atoms with Crippen molar-refractivity contribution in [2.45, 2.75) is 25.3 Å². The maximum absolute atomic E-state index is 11.6. The van der Waals surface area contributed by atoms with E-state index in [1.165, 1.54) is 12.7 Å². The van der Waals surface area contributed by atoms with Crippen molar-refractivity contribution in [2.24, 2.45) is 0 Å². The van der Waals surface area contributed by atoms with Crippen molar-refractivity contribution >= 4 is 5.97 Å². The van der Waals surface area contributed by atoms with Crippen molar-refractivity contribution < 1.29 is 14.3 Å². The molecule has 4 heteroatoms. The van der Waals surface area contributed by atoms with E-state index in [4.69, 9.17) is 9.47 Å². The average Bonchev–Trinajstić information content (AvgIpc) is 2.93. The van der Waals surface area contributed by atoms with Crippen LogP contribution in [-0.4, -0.2) is 44.2 Å². The van der Waals surface area contributed by atoms with E-state index in [1.807, 2.05) is 12.1 Å². The summed E-state index contributed by atoms with van der Waals surface area (Å²) in [5.41, 5.74) is 1.26. The molecule has 0 spiro atoms. The summed E-state index contributed by atoms with van der Waals surface area (Å²) in [4.78, 5) is 13.9. The van der Waals surface area contributed by atoms with Crippen LogP contribution in [0.4, 0.5) is 0 Å². The number of carbonyl (C=O) groups excluding carboxylic acids is 1. The fourth-order valence-electron chi connectivity index (χ4n) is 2.56. The van der Waals surface area contributed by atoms with Gasteiger partial charge in [0, 0.05) is 6.54 Å². The molecule has 1 aliphatic heterocycles. The Labute approximate surface area is 114 Å². The molecule has 104 valence electrons. The average molecular weight is 263 g/mol. The number of methoxy groups -OCH3 is 2. The maximum atomic E-state index is 11.6. The third-order valence-electron chi connectivity index (χ3n) is 3.68. The summed E-state index contributed by atoms with van der Waals surface area (Å²) in [6.45, 7) is 1.88. The highest BCUT2D eigenvalue weighted by atomic mass is 16.5. The van der Waals surface area contributed by atoms with Crippen LogP contribution in [0.25, 0.3) is 0 Å². The second-order valence-electron chi connectivity index (χ2n) is 4.82. The molecule has 2 rings (SSSR count). The molecule has 0 saturated carbocycles. The van der Waals surface area contributed by atoms with Crippen molar-refractivity contribution in [1.82, 2.24) is 4.90 Å². The molecule has 0 radical (unpaired) electrons. The van der Waals surface area contributed by atoms with E-state index in [0.717, 1.165) is 38.1 Å². The van der Waals surface area contributed by atoms with E-state index in [2.05, 4.69) is 17.0 Å². The van der Waals surface area contributed by atoms with Crippen LogP contribution in [0, 0.1) is 0 Å². The monoisotopic (exact) mass is 263 g/mol. The maximum Gasteiger partial charge on any atom is 0.323 e. The van der Waals surface area contributed by atoms with Crippen LogP contribution in [-0.2, 0) is 16.0 Å². The van der Waals surface area contributed by atoms with Gasteiger partial charge in [0.15, 0.2) is 0 Å². The lowest BCUT2D eigenvalue weighted by Crippen LogP contribution is -2.38. The summed E-state index contributed by atoms with van der Waals surface area (Å²) < 4.78 is 9.99. The highest BCUT2D eigenvalue weighted by Crippen LogP contribution is 2.19. The van der Waals surface area contributed by atoms with E-state index < -0.39 is 0 Å². The molecule has 0 aliphatic carbocycles. The molecular formula is C15H21NO3. The van der Waals surface area contributed by atoms with E-state index >= 15 is 0 Å². The Balaban J connectivity index is 1.88. The molecule has 4 nitrogen and oxygen atoms in total. The van der Waals surface area contributed by atoms with Crippen LogP contribution in [0.3, 0.4) is 0 Å². The van der Waals surface area contributed by atoms with Gasteiger partial charge in [0.25, 0.3) is 0 Å². The lowest BCUT2D eigenvalue weighted by Gasteiger charge is -2.22. The number of carbonyl (C=O) groups is 1. The molecule has 0 N–H and O–H groups in total. The van der Waals surface area contributed by atoms with Gasteiger partial charge < -0.3 is 9.47 Å². The molecule has 1 unspecified atom stereocenters. The first-order valence-electron chi connectivity index (χ1n) is 6.69. The van der Waals surface area contributed by atoms with Crippen LogP contribution in [0.5, 0.6) is 5.75 Å². The van der Waals surface area contributed by atoms with Crippen LogP contribution in [0.15, 0.2) is 24.3 Å². The molecule has 19 heavy (non-hydrogen) atoms. The largest absolute Gasteiger partial charge is 0.497 e. The number of likely N-dealkylation sites (tertiary alicyclic amines) is 1. The highest BCUT2D eigenvalue weighted by Gasteiger charge is 2.30. The minimum absolute atomic E-state index is 0.0525. The Morgan fingerprint density at radius 1 is 1.32 bits per heavy atom. The number of hydrogen-bond donors (Lipinski definition) is 0. The van der Waals surface area contributed by atoms with Gasteiger partial charge in [-0.05, 0) is 43.5 Å². The van der Waals surface area contributed by atoms with Gasteiger partial charge >= 0.3 is 5.97 Å². The zero-order valence-corrected chi connectivity index (χ0v) is 11.6. The zero-order valence-electron chi connectivity index (χ0n) is 11.6. The second kappa shape index (κ2) is 6.57. The molecule has 1 aliphatic rings. The predicted octanol–water partition coefficient (Wildman–Crippen LogP) is 1.88. The Morgan fingerprint density at radius 2 is 2.05 bits per heavy atom. The molecular weight excluding hydrogens is 242 g/mol. The topological polar surface area (TPSA) is 38.8 Å². The lowest BCUT2D eigenvalue weighted by atomic mass is 10.1. The Hall–Kier alpha value is -1.55. The second-order valence-corrected chi connectivity index (χ2v) is 4.82. The first-order valence-corrected chi connectivity index (χ1v) is 6.69. The van der Waals surface area contributed by atoms with Crippen molar-refractivity contribution in [2.75, 3.05) is 27.3 Å². The predicted molar refractivity (Wildman–Crippen MR) is 73.3 cm³/mol. The van der Waals surface area contributed by atoms with Crippen LogP contribution >= 0.6 is 0 Å². The third-order valence-corrected chi connectivity index (χ3v) is 3.68. The third kappa shape index (κ3) is 3.47. The van der Waals surface area contributed by atoms with E-state index in [-0.39, 0.29) is 12.0 Å². The van der Waals surface area contributed by atoms with Crippen LogP contribution < -0.4 is 4.74 Å². The van der Waals surface area contributed by atoms with E-state index in [1.54, 1.807) is 7.11 Å². The smallest absolute Gasteiger partial charge is 0.323 e. The zero-order chi connectivity index (χ0) is 13.7. The highest BCUT2D eigenvalue weighted by molar-refractivity contribution is 5.75. The standard InChI is InChI=1S/C15H21NO3/c1-18-13-7-5-12(6-8-13)9-11-16-10-3-4-14(16)15(17)19-2/h5-8,14H,3-4,9-11H2,1-2H3. The molecule has 1 fully saturated rings. The normalized spacial score (nSPS) is 19.4. The van der Waals surface area contributed by atoms with Gasteiger partial charge in [-0.1, -0.05) is 12.1 Å². The van der Waals surface area contributed by atoms with Gasteiger partial charge in [-0.25, -0.2) is 0 Å². The summed E-state index contributed by atoms with van der Waals surface area (Å²) >= 11 is 0. The van der Waals surface area contributed by atoms with Crippen molar-refractivity contribution in [3.8, 4) is 5.75 Å². The number of rotatable bonds is 5. The summed E-state index contributed by atoms with van der Waals surface area (Å²) in [7, 11) is 3.13. The fourth-order valence-corrected chi connectivity index (χ4v) is 2.56. The summed E-state index contributed by atoms with van der Waals surface area (Å²) in [6, 6.07) is 8.03. The molecule has 1 aromatic rings.